The van der Waals surface area contributed by atoms with Gasteiger partial charge >= 0.3 is 5.97 Å². The van der Waals surface area contributed by atoms with E-state index >= 15 is 0 Å². The Balaban J connectivity index is 2.36. The third kappa shape index (κ3) is 2.54. The molecule has 0 spiro atoms. The molecule has 4 heteroatoms. The van der Waals surface area contributed by atoms with Gasteiger partial charge in [-0.2, -0.15) is 0 Å². The highest BCUT2D eigenvalue weighted by Gasteiger charge is 2.27. The number of carboxylic acid groups (broad SMARTS) is 1. The highest BCUT2D eigenvalue weighted by molar-refractivity contribution is 9.10. The van der Waals surface area contributed by atoms with Crippen LogP contribution < -0.4 is 0 Å². The van der Waals surface area contributed by atoms with Crippen molar-refractivity contribution >= 4 is 32.8 Å². The Hall–Kier alpha value is -1.29. The Kier molecular flexibility index (Phi) is 3.72. The average molecular weight is 324 g/mol. The lowest BCUT2D eigenvalue weighted by atomic mass is 9.89. The van der Waals surface area contributed by atoms with Gasteiger partial charge in [0.1, 0.15) is 0 Å². The maximum absolute atomic E-state index is 11.2. The maximum Gasteiger partial charge on any atom is 0.309 e. The van der Waals surface area contributed by atoms with Gasteiger partial charge in [-0.3, -0.25) is 4.79 Å². The van der Waals surface area contributed by atoms with E-state index in [2.05, 4.69) is 39.6 Å². The number of aliphatic carboxylic acids is 1. The molecule has 19 heavy (non-hydrogen) atoms. The summed E-state index contributed by atoms with van der Waals surface area (Å²) < 4.78 is 3.28. The maximum atomic E-state index is 11.2. The molecule has 0 saturated heterocycles. The first-order chi connectivity index (χ1) is 8.84. The topological polar surface area (TPSA) is 42.2 Å². The molecule has 0 aliphatic carbocycles. The van der Waals surface area contributed by atoms with Crippen LogP contribution in [0.5, 0.6) is 0 Å². The number of hydrogen-bond acceptors (Lipinski definition) is 1. The second-order valence-corrected chi connectivity index (χ2v) is 6.30. The quantitative estimate of drug-likeness (QED) is 0.915. The number of nitrogens with zero attached hydrogens (tertiary/aromatic N) is 1. The lowest BCUT2D eigenvalue weighted by molar-refractivity contribution is -0.147. The molecule has 0 unspecified atom stereocenters. The molecule has 0 bridgehead atoms. The summed E-state index contributed by atoms with van der Waals surface area (Å²) in [7, 11) is 0. The summed E-state index contributed by atoms with van der Waals surface area (Å²) in [5.74, 6) is -0.749. The van der Waals surface area contributed by atoms with Crippen LogP contribution in [-0.2, 0) is 11.3 Å². The van der Waals surface area contributed by atoms with Crippen molar-refractivity contribution in [3.8, 4) is 0 Å². The number of para-hydroxylation sites is 1. The van der Waals surface area contributed by atoms with Gasteiger partial charge in [-0.1, -0.05) is 18.2 Å². The molecule has 0 atom stereocenters. The molecule has 0 aliphatic heterocycles. The summed E-state index contributed by atoms with van der Waals surface area (Å²) in [5.41, 5.74) is 1.58. The van der Waals surface area contributed by atoms with Gasteiger partial charge in [0.2, 0.25) is 0 Å². The smallest absolute Gasteiger partial charge is 0.309 e. The van der Waals surface area contributed by atoms with Gasteiger partial charge in [-0.05, 0) is 49.2 Å². The van der Waals surface area contributed by atoms with Gasteiger partial charge in [0.25, 0.3) is 0 Å². The number of rotatable bonds is 4. The number of aromatic nitrogens is 1. The number of carbonyl (C=O) groups is 1. The Bertz CT molecular complexity index is 628. The number of hydrogen-bond donors (Lipinski definition) is 1. The van der Waals surface area contributed by atoms with Crippen LogP contribution in [-0.4, -0.2) is 15.6 Å². The Morgan fingerprint density at radius 1 is 1.37 bits per heavy atom. The van der Waals surface area contributed by atoms with Crippen molar-refractivity contribution in [2.24, 2.45) is 5.41 Å². The van der Waals surface area contributed by atoms with Crippen LogP contribution >= 0.6 is 15.9 Å². The minimum Gasteiger partial charge on any atom is -0.481 e. The molecule has 1 N–H and O–H groups in total. The van der Waals surface area contributed by atoms with E-state index in [1.54, 1.807) is 13.8 Å². The van der Waals surface area contributed by atoms with Crippen molar-refractivity contribution < 1.29 is 9.90 Å². The zero-order chi connectivity index (χ0) is 14.2. The number of carboxylic acids is 1. The van der Waals surface area contributed by atoms with Gasteiger partial charge in [0.15, 0.2) is 0 Å². The Morgan fingerprint density at radius 3 is 2.63 bits per heavy atom. The summed E-state index contributed by atoms with van der Waals surface area (Å²) in [5, 5.41) is 10.4. The molecule has 0 saturated carbocycles. The van der Waals surface area contributed by atoms with E-state index in [4.69, 9.17) is 0 Å². The average Bonchev–Trinajstić information content (AvgIpc) is 2.60. The number of aryl methyl sites for hydroxylation is 1. The number of benzene rings is 1. The van der Waals surface area contributed by atoms with Crippen molar-refractivity contribution in [3.63, 3.8) is 0 Å². The van der Waals surface area contributed by atoms with Gasteiger partial charge in [0, 0.05) is 27.6 Å². The second-order valence-electron chi connectivity index (χ2n) is 5.51. The zero-order valence-electron chi connectivity index (χ0n) is 11.4. The highest BCUT2D eigenvalue weighted by atomic mass is 79.9. The summed E-state index contributed by atoms with van der Waals surface area (Å²) in [6, 6.07) is 8.16. The lowest BCUT2D eigenvalue weighted by Crippen LogP contribution is -2.25. The van der Waals surface area contributed by atoms with Crippen molar-refractivity contribution in [1.29, 1.82) is 0 Å². The molecule has 0 radical (unpaired) electrons. The molecule has 2 rings (SSSR count). The molecule has 3 nitrogen and oxygen atoms in total. The lowest BCUT2D eigenvalue weighted by Gasteiger charge is -2.20. The zero-order valence-corrected chi connectivity index (χ0v) is 13.0. The van der Waals surface area contributed by atoms with E-state index in [1.165, 1.54) is 5.39 Å². The molecule has 1 aromatic carbocycles. The summed E-state index contributed by atoms with van der Waals surface area (Å²) in [6.45, 7) is 6.30. The first-order valence-corrected chi connectivity index (χ1v) is 7.10. The van der Waals surface area contributed by atoms with Crippen molar-refractivity contribution in [1.82, 2.24) is 4.57 Å². The van der Waals surface area contributed by atoms with Crippen LogP contribution in [0.4, 0.5) is 0 Å². The first-order valence-electron chi connectivity index (χ1n) is 6.31. The van der Waals surface area contributed by atoms with E-state index in [-0.39, 0.29) is 0 Å². The van der Waals surface area contributed by atoms with Crippen LogP contribution in [0.3, 0.4) is 0 Å². The van der Waals surface area contributed by atoms with Gasteiger partial charge in [0.05, 0.1) is 5.41 Å². The summed E-state index contributed by atoms with van der Waals surface area (Å²) in [4.78, 5) is 11.2. The van der Waals surface area contributed by atoms with E-state index in [9.17, 15) is 9.90 Å². The van der Waals surface area contributed by atoms with E-state index < -0.39 is 11.4 Å². The fraction of sp³-hybridized carbons (Fsp3) is 0.400. The largest absolute Gasteiger partial charge is 0.481 e. The highest BCUT2D eigenvalue weighted by Crippen LogP contribution is 2.32. The first kappa shape index (κ1) is 14.1. The van der Waals surface area contributed by atoms with Crippen molar-refractivity contribution in [3.05, 3.63) is 34.4 Å². The SMILES string of the molecule is Cc1c(Br)c2ccccc2n1CCC(C)(C)C(=O)O. The molecular weight excluding hydrogens is 306 g/mol. The Morgan fingerprint density at radius 2 is 2.00 bits per heavy atom. The second kappa shape index (κ2) is 5.00. The summed E-state index contributed by atoms with van der Waals surface area (Å²) >= 11 is 3.61. The van der Waals surface area contributed by atoms with Crippen LogP contribution in [0.15, 0.2) is 28.7 Å². The molecule has 0 fully saturated rings. The van der Waals surface area contributed by atoms with Crippen LogP contribution in [0, 0.1) is 12.3 Å². The van der Waals surface area contributed by atoms with E-state index in [0.717, 1.165) is 15.7 Å². The third-order valence-corrected chi connectivity index (χ3v) is 4.69. The van der Waals surface area contributed by atoms with Crippen molar-refractivity contribution in [2.75, 3.05) is 0 Å². The van der Waals surface area contributed by atoms with Crippen molar-refractivity contribution in [2.45, 2.75) is 33.7 Å². The molecule has 0 amide bonds. The monoisotopic (exact) mass is 323 g/mol. The number of fused-ring (bicyclic) bond motifs is 1. The van der Waals surface area contributed by atoms with E-state index in [0.29, 0.717) is 13.0 Å². The third-order valence-electron chi connectivity index (χ3n) is 3.69. The molecule has 0 aliphatic rings. The molecule has 1 aromatic heterocycles. The number of halogens is 1. The minimum atomic E-state index is -0.749. The van der Waals surface area contributed by atoms with Crippen LogP contribution in [0.1, 0.15) is 26.0 Å². The predicted molar refractivity (Wildman–Crippen MR) is 80.4 cm³/mol. The van der Waals surface area contributed by atoms with Gasteiger partial charge < -0.3 is 9.67 Å². The van der Waals surface area contributed by atoms with Crippen LogP contribution in [0.2, 0.25) is 0 Å². The fourth-order valence-electron chi connectivity index (χ4n) is 2.18. The molecular formula is C15H18BrNO2. The molecule has 1 heterocycles. The molecule has 102 valence electrons. The van der Waals surface area contributed by atoms with Gasteiger partial charge in [-0.25, -0.2) is 0 Å². The van der Waals surface area contributed by atoms with E-state index in [1.807, 2.05) is 12.1 Å². The standard InChI is InChI=1S/C15H18BrNO2/c1-10-13(16)11-6-4-5-7-12(11)17(10)9-8-15(2,3)14(18)19/h4-7H,8-9H2,1-3H3,(H,18,19). The predicted octanol–water partition coefficient (Wildman–Crippen LogP) is 4.21. The minimum absolute atomic E-state index is 0.605. The normalized spacial score (nSPS) is 12.0. The molecule has 2 aromatic rings. The van der Waals surface area contributed by atoms with Crippen LogP contribution in [0.25, 0.3) is 10.9 Å². The Labute approximate surface area is 121 Å². The summed E-state index contributed by atoms with van der Waals surface area (Å²) in [6.07, 6.45) is 0.605. The van der Waals surface area contributed by atoms with Gasteiger partial charge in [-0.15, -0.1) is 0 Å². The fourth-order valence-corrected chi connectivity index (χ4v) is 2.72.